The summed E-state index contributed by atoms with van der Waals surface area (Å²) >= 11 is -2.62. The number of rotatable bonds is 2. The van der Waals surface area contributed by atoms with Gasteiger partial charge in [-0.15, -0.1) is 0 Å². The molecule has 0 aromatic heterocycles. The Balaban J connectivity index is 4.04. The maximum absolute atomic E-state index is 12.4. The first kappa shape index (κ1) is 9.00. The highest BCUT2D eigenvalue weighted by Gasteiger charge is 2.22. The van der Waals surface area contributed by atoms with E-state index in [1.54, 1.807) is 0 Å². The Morgan fingerprint density at radius 2 is 1.89 bits per heavy atom. The molecule has 0 aromatic carbocycles. The van der Waals surface area contributed by atoms with Crippen LogP contribution in [0.25, 0.3) is 0 Å². The monoisotopic (exact) mass is 155 g/mol. The van der Waals surface area contributed by atoms with Gasteiger partial charge in [-0.25, -0.2) is 0 Å². The van der Waals surface area contributed by atoms with Gasteiger partial charge in [-0.3, -0.25) is 8.69 Å². The number of halogens is 1. The molecule has 3 nitrogen and oxygen atoms in total. The molecular formula is C4H10FNO2S. The van der Waals surface area contributed by atoms with Gasteiger partial charge in [0, 0.05) is 11.1 Å². The molecule has 0 aromatic rings. The average Bonchev–Trinajstić information content (AvgIpc) is 1.62. The summed E-state index contributed by atoms with van der Waals surface area (Å²) in [6, 6.07) is 0. The molecule has 0 aliphatic carbocycles. The largest absolute Gasteiger partial charge is 0.766 e. The van der Waals surface area contributed by atoms with Gasteiger partial charge in [0.2, 0.25) is 0 Å². The fourth-order valence-electron chi connectivity index (χ4n) is 0.258. The van der Waals surface area contributed by atoms with E-state index in [2.05, 4.69) is 0 Å². The Kier molecular flexibility index (Phi) is 2.72. The molecule has 0 bridgehead atoms. The summed E-state index contributed by atoms with van der Waals surface area (Å²) in [5, 5.41) is 0. The van der Waals surface area contributed by atoms with Crippen LogP contribution in [0.15, 0.2) is 0 Å². The van der Waals surface area contributed by atoms with Crippen LogP contribution < -0.4 is 0 Å². The lowest BCUT2D eigenvalue weighted by atomic mass is 10.7. The van der Waals surface area contributed by atoms with Crippen molar-refractivity contribution in [2.75, 3.05) is 21.1 Å². The summed E-state index contributed by atoms with van der Waals surface area (Å²) in [5.74, 6) is 0. The second-order valence-electron chi connectivity index (χ2n) is 2.67. The van der Waals surface area contributed by atoms with Crippen molar-refractivity contribution in [3.63, 3.8) is 0 Å². The van der Waals surface area contributed by atoms with Crippen molar-refractivity contribution in [3.8, 4) is 0 Å². The number of alkyl halides is 1. The van der Waals surface area contributed by atoms with E-state index in [1.165, 1.54) is 21.1 Å². The molecule has 0 fully saturated rings. The Morgan fingerprint density at radius 1 is 1.56 bits per heavy atom. The van der Waals surface area contributed by atoms with Gasteiger partial charge in [0.25, 0.3) is 5.63 Å². The predicted molar refractivity (Wildman–Crippen MR) is 31.8 cm³/mol. The van der Waals surface area contributed by atoms with Crippen molar-refractivity contribution in [2.45, 2.75) is 5.63 Å². The van der Waals surface area contributed by atoms with Gasteiger partial charge in [-0.1, -0.05) is 0 Å². The molecule has 0 aliphatic heterocycles. The van der Waals surface area contributed by atoms with E-state index in [9.17, 15) is 13.2 Å². The van der Waals surface area contributed by atoms with Gasteiger partial charge in [0.05, 0.1) is 21.1 Å². The number of nitrogens with zero attached hydrogens (tertiary/aromatic N) is 1. The van der Waals surface area contributed by atoms with E-state index in [0.29, 0.717) is 0 Å². The first-order chi connectivity index (χ1) is 3.85. The molecule has 56 valence electrons. The van der Waals surface area contributed by atoms with Crippen molar-refractivity contribution >= 4 is 11.1 Å². The standard InChI is InChI=1S/C4H10FNO2S/c1-6(2,3)4(5)9(7)8/h4H,1-3H3. The Labute approximate surface area is 56.3 Å². The van der Waals surface area contributed by atoms with Crippen LogP contribution >= 0.6 is 0 Å². The van der Waals surface area contributed by atoms with Crippen LogP contribution in [-0.4, -0.2) is 40.0 Å². The summed E-state index contributed by atoms with van der Waals surface area (Å²) in [5.41, 5.74) is -1.83. The first-order valence-corrected chi connectivity index (χ1v) is 3.53. The highest BCUT2D eigenvalue weighted by molar-refractivity contribution is 7.79. The molecule has 0 N–H and O–H groups in total. The van der Waals surface area contributed by atoms with Crippen molar-refractivity contribution < 1.29 is 17.6 Å². The lowest BCUT2D eigenvalue weighted by molar-refractivity contribution is -0.895. The smallest absolute Gasteiger partial charge is 0.295 e. The summed E-state index contributed by atoms with van der Waals surface area (Å²) < 4.78 is 32.1. The third-order valence-corrected chi connectivity index (χ3v) is 1.72. The minimum atomic E-state index is -2.62. The lowest BCUT2D eigenvalue weighted by Crippen LogP contribution is -2.44. The molecular weight excluding hydrogens is 145 g/mol. The molecule has 0 heterocycles. The van der Waals surface area contributed by atoms with Gasteiger partial charge in [-0.05, 0) is 0 Å². The zero-order chi connectivity index (χ0) is 7.65. The molecule has 0 saturated heterocycles. The van der Waals surface area contributed by atoms with Crippen molar-refractivity contribution in [2.24, 2.45) is 0 Å². The zero-order valence-corrected chi connectivity index (χ0v) is 6.44. The minimum Gasteiger partial charge on any atom is -0.766 e. The highest BCUT2D eigenvalue weighted by atomic mass is 32.2. The van der Waals surface area contributed by atoms with E-state index in [-0.39, 0.29) is 4.48 Å². The highest BCUT2D eigenvalue weighted by Crippen LogP contribution is 2.06. The maximum Gasteiger partial charge on any atom is 0.295 e. The third kappa shape index (κ3) is 2.88. The molecule has 0 aliphatic rings. The van der Waals surface area contributed by atoms with Crippen LogP contribution in [0.5, 0.6) is 0 Å². The zero-order valence-electron chi connectivity index (χ0n) is 5.63. The summed E-state index contributed by atoms with van der Waals surface area (Å²) in [7, 11) is 4.42. The summed E-state index contributed by atoms with van der Waals surface area (Å²) in [6.07, 6.45) is 0. The molecule has 0 radical (unpaired) electrons. The van der Waals surface area contributed by atoms with Gasteiger partial charge in [-0.2, -0.15) is 4.39 Å². The van der Waals surface area contributed by atoms with Crippen LogP contribution in [0.2, 0.25) is 0 Å². The van der Waals surface area contributed by atoms with Gasteiger partial charge < -0.3 is 4.55 Å². The third-order valence-electron chi connectivity index (χ3n) is 0.768. The second-order valence-corrected chi connectivity index (χ2v) is 3.58. The van der Waals surface area contributed by atoms with Gasteiger partial charge in [0.15, 0.2) is 0 Å². The van der Waals surface area contributed by atoms with Crippen molar-refractivity contribution in [1.82, 2.24) is 0 Å². The quantitative estimate of drug-likeness (QED) is 0.315. The second kappa shape index (κ2) is 2.72. The Bertz CT molecular complexity index is 122. The number of quaternary nitrogens is 1. The molecule has 0 rings (SSSR count). The van der Waals surface area contributed by atoms with Crippen LogP contribution in [0.3, 0.4) is 0 Å². The predicted octanol–water partition coefficient (Wildman–Crippen LogP) is -0.175. The van der Waals surface area contributed by atoms with Crippen LogP contribution in [-0.2, 0) is 11.1 Å². The van der Waals surface area contributed by atoms with Crippen LogP contribution in [0, 0.1) is 0 Å². The first-order valence-electron chi connectivity index (χ1n) is 2.39. The molecule has 5 heteroatoms. The Morgan fingerprint density at radius 3 is 1.89 bits per heavy atom. The molecule has 2 unspecified atom stereocenters. The summed E-state index contributed by atoms with van der Waals surface area (Å²) in [4.78, 5) is 0. The lowest BCUT2D eigenvalue weighted by Gasteiger charge is -2.28. The van der Waals surface area contributed by atoms with E-state index in [1.807, 2.05) is 0 Å². The molecule has 2 atom stereocenters. The minimum absolute atomic E-state index is 0.212. The number of hydrogen-bond donors (Lipinski definition) is 0. The summed E-state index contributed by atoms with van der Waals surface area (Å²) in [6.45, 7) is 0. The maximum atomic E-state index is 12.4. The average molecular weight is 155 g/mol. The SMILES string of the molecule is C[N+](C)(C)C(F)S(=O)[O-]. The van der Waals surface area contributed by atoms with E-state index < -0.39 is 16.7 Å². The van der Waals surface area contributed by atoms with Crippen molar-refractivity contribution in [3.05, 3.63) is 0 Å². The number of hydrogen-bond acceptors (Lipinski definition) is 2. The fraction of sp³-hybridized carbons (Fsp3) is 1.00. The van der Waals surface area contributed by atoms with Crippen molar-refractivity contribution in [1.29, 1.82) is 0 Å². The van der Waals surface area contributed by atoms with Gasteiger partial charge >= 0.3 is 0 Å². The van der Waals surface area contributed by atoms with Crippen LogP contribution in [0.4, 0.5) is 4.39 Å². The van der Waals surface area contributed by atoms with E-state index in [0.717, 1.165) is 0 Å². The molecule has 0 spiro atoms. The molecule has 9 heavy (non-hydrogen) atoms. The van der Waals surface area contributed by atoms with Gasteiger partial charge in [0.1, 0.15) is 0 Å². The fourth-order valence-corrected chi connectivity index (χ4v) is 0.775. The van der Waals surface area contributed by atoms with Crippen LogP contribution in [0.1, 0.15) is 0 Å². The Hall–Kier alpha value is -0.0000000000000000486. The normalized spacial score (nSPS) is 19.2. The topological polar surface area (TPSA) is 40.1 Å². The molecule has 0 saturated carbocycles. The van der Waals surface area contributed by atoms with E-state index in [4.69, 9.17) is 0 Å². The molecule has 0 amide bonds. The van der Waals surface area contributed by atoms with E-state index >= 15 is 0 Å².